The van der Waals surface area contributed by atoms with Crippen molar-refractivity contribution in [1.29, 1.82) is 0 Å². The summed E-state index contributed by atoms with van der Waals surface area (Å²) in [7, 11) is 0. The molecular weight excluding hydrogens is 208 g/mol. The van der Waals surface area contributed by atoms with E-state index in [0.29, 0.717) is 0 Å². The predicted molar refractivity (Wildman–Crippen MR) is 72.3 cm³/mol. The van der Waals surface area contributed by atoms with Crippen molar-refractivity contribution >= 4 is 5.69 Å². The molecule has 0 radical (unpaired) electrons. The second-order valence-electron chi connectivity index (χ2n) is 5.64. The lowest BCUT2D eigenvalue weighted by Crippen LogP contribution is -2.39. The molecule has 3 rings (SSSR count). The van der Waals surface area contributed by atoms with E-state index in [-0.39, 0.29) is 0 Å². The molecule has 0 unspecified atom stereocenters. The Morgan fingerprint density at radius 1 is 1.35 bits per heavy atom. The molecule has 0 atom stereocenters. The SMILES string of the molecule is CC1CC(NCc2cccc3c2NCCC3)C1. The summed E-state index contributed by atoms with van der Waals surface area (Å²) in [5.41, 5.74) is 4.35. The molecule has 1 aromatic carbocycles. The van der Waals surface area contributed by atoms with Gasteiger partial charge in [0.05, 0.1) is 0 Å². The number of rotatable bonds is 3. The fraction of sp³-hybridized carbons (Fsp3) is 0.600. The van der Waals surface area contributed by atoms with Gasteiger partial charge in [0.15, 0.2) is 0 Å². The molecule has 1 aliphatic heterocycles. The summed E-state index contributed by atoms with van der Waals surface area (Å²) in [4.78, 5) is 0. The van der Waals surface area contributed by atoms with Crippen molar-refractivity contribution in [3.05, 3.63) is 29.3 Å². The van der Waals surface area contributed by atoms with Crippen molar-refractivity contribution in [2.24, 2.45) is 5.92 Å². The van der Waals surface area contributed by atoms with E-state index < -0.39 is 0 Å². The summed E-state index contributed by atoms with van der Waals surface area (Å²) in [6, 6.07) is 7.47. The first-order chi connectivity index (χ1) is 8.33. The molecule has 2 nitrogen and oxygen atoms in total. The van der Waals surface area contributed by atoms with Crippen LogP contribution in [0.4, 0.5) is 5.69 Å². The van der Waals surface area contributed by atoms with Crippen LogP contribution in [0.15, 0.2) is 18.2 Å². The average molecular weight is 230 g/mol. The van der Waals surface area contributed by atoms with Crippen LogP contribution in [-0.4, -0.2) is 12.6 Å². The molecule has 0 spiro atoms. The molecule has 0 amide bonds. The summed E-state index contributed by atoms with van der Waals surface area (Å²) in [5, 5.41) is 7.24. The fourth-order valence-corrected chi connectivity index (χ4v) is 3.05. The van der Waals surface area contributed by atoms with Crippen LogP contribution in [0, 0.1) is 5.92 Å². The van der Waals surface area contributed by atoms with Gasteiger partial charge in [-0.15, -0.1) is 0 Å². The summed E-state index contributed by atoms with van der Waals surface area (Å²) < 4.78 is 0. The maximum atomic E-state index is 3.68. The van der Waals surface area contributed by atoms with Crippen LogP contribution in [0.1, 0.15) is 37.3 Å². The number of anilines is 1. The molecular formula is C15H22N2. The minimum Gasteiger partial charge on any atom is -0.385 e. The van der Waals surface area contributed by atoms with Gasteiger partial charge in [-0.1, -0.05) is 25.1 Å². The highest BCUT2D eigenvalue weighted by Crippen LogP contribution is 2.29. The third-order valence-corrected chi connectivity index (χ3v) is 4.12. The first-order valence-electron chi connectivity index (χ1n) is 6.91. The van der Waals surface area contributed by atoms with E-state index in [0.717, 1.165) is 25.0 Å². The van der Waals surface area contributed by atoms with Crippen LogP contribution in [0.5, 0.6) is 0 Å². The van der Waals surface area contributed by atoms with Gasteiger partial charge in [-0.05, 0) is 42.7 Å². The van der Waals surface area contributed by atoms with Gasteiger partial charge in [0.2, 0.25) is 0 Å². The third kappa shape index (κ3) is 2.32. The molecule has 0 saturated heterocycles. The van der Waals surface area contributed by atoms with Crippen molar-refractivity contribution in [3.63, 3.8) is 0 Å². The zero-order chi connectivity index (χ0) is 11.7. The van der Waals surface area contributed by atoms with E-state index in [2.05, 4.69) is 35.8 Å². The standard InChI is InChI=1S/C15H22N2/c1-11-8-14(9-11)17-10-13-5-2-4-12-6-3-7-16-15(12)13/h2,4-5,11,14,16-17H,3,6-10H2,1H3. The molecule has 1 heterocycles. The molecule has 17 heavy (non-hydrogen) atoms. The lowest BCUT2D eigenvalue weighted by atomic mass is 9.82. The molecule has 1 aliphatic carbocycles. The van der Waals surface area contributed by atoms with Crippen LogP contribution in [0.25, 0.3) is 0 Å². The van der Waals surface area contributed by atoms with E-state index in [1.807, 2.05) is 0 Å². The number of nitrogens with one attached hydrogen (secondary N) is 2. The smallest absolute Gasteiger partial charge is 0.0418 e. The topological polar surface area (TPSA) is 24.1 Å². The molecule has 1 aromatic rings. The number of fused-ring (bicyclic) bond motifs is 1. The maximum absolute atomic E-state index is 3.68. The van der Waals surface area contributed by atoms with Crippen molar-refractivity contribution in [2.45, 2.75) is 45.2 Å². The largest absolute Gasteiger partial charge is 0.385 e. The van der Waals surface area contributed by atoms with Crippen LogP contribution in [-0.2, 0) is 13.0 Å². The van der Waals surface area contributed by atoms with Gasteiger partial charge in [-0.2, -0.15) is 0 Å². The van der Waals surface area contributed by atoms with Crippen LogP contribution >= 0.6 is 0 Å². The Bertz CT molecular complexity index is 394. The Kier molecular flexibility index (Phi) is 3.06. The lowest BCUT2D eigenvalue weighted by Gasteiger charge is -2.34. The van der Waals surface area contributed by atoms with Crippen LogP contribution < -0.4 is 10.6 Å². The van der Waals surface area contributed by atoms with Crippen molar-refractivity contribution in [1.82, 2.24) is 5.32 Å². The van der Waals surface area contributed by atoms with Gasteiger partial charge < -0.3 is 10.6 Å². The normalized spacial score (nSPS) is 26.9. The summed E-state index contributed by atoms with van der Waals surface area (Å²) in [6.45, 7) is 4.49. The number of aryl methyl sites for hydroxylation is 1. The van der Waals surface area contributed by atoms with E-state index in [1.54, 1.807) is 0 Å². The Hall–Kier alpha value is -1.02. The summed E-state index contributed by atoms with van der Waals surface area (Å²) >= 11 is 0. The van der Waals surface area contributed by atoms with Gasteiger partial charge in [0.1, 0.15) is 0 Å². The number of para-hydroxylation sites is 1. The van der Waals surface area contributed by atoms with E-state index in [1.165, 1.54) is 42.5 Å². The van der Waals surface area contributed by atoms with Crippen molar-refractivity contribution < 1.29 is 0 Å². The predicted octanol–water partition coefficient (Wildman–Crippen LogP) is 2.93. The highest BCUT2D eigenvalue weighted by Gasteiger charge is 2.24. The van der Waals surface area contributed by atoms with Crippen molar-refractivity contribution in [2.75, 3.05) is 11.9 Å². The fourth-order valence-electron chi connectivity index (χ4n) is 3.05. The third-order valence-electron chi connectivity index (χ3n) is 4.12. The average Bonchev–Trinajstić information content (AvgIpc) is 2.33. The Balaban J connectivity index is 1.66. The molecule has 0 bridgehead atoms. The van der Waals surface area contributed by atoms with Gasteiger partial charge in [-0.3, -0.25) is 0 Å². The minimum absolute atomic E-state index is 0.754. The minimum atomic E-state index is 0.754. The Morgan fingerprint density at radius 3 is 3.06 bits per heavy atom. The molecule has 2 N–H and O–H groups in total. The molecule has 92 valence electrons. The molecule has 0 aromatic heterocycles. The second-order valence-corrected chi connectivity index (χ2v) is 5.64. The Labute approximate surface area is 104 Å². The number of hydrogen-bond acceptors (Lipinski definition) is 2. The molecule has 2 heteroatoms. The van der Waals surface area contributed by atoms with Crippen LogP contribution in [0.2, 0.25) is 0 Å². The molecule has 1 saturated carbocycles. The van der Waals surface area contributed by atoms with E-state index in [4.69, 9.17) is 0 Å². The van der Waals surface area contributed by atoms with Gasteiger partial charge in [-0.25, -0.2) is 0 Å². The summed E-state index contributed by atoms with van der Waals surface area (Å²) in [6.07, 6.45) is 5.20. The van der Waals surface area contributed by atoms with Crippen molar-refractivity contribution in [3.8, 4) is 0 Å². The highest BCUT2D eigenvalue weighted by molar-refractivity contribution is 5.59. The molecule has 1 fully saturated rings. The van der Waals surface area contributed by atoms with Gasteiger partial charge in [0, 0.05) is 24.8 Å². The van der Waals surface area contributed by atoms with E-state index in [9.17, 15) is 0 Å². The van der Waals surface area contributed by atoms with Gasteiger partial charge in [0.25, 0.3) is 0 Å². The number of hydrogen-bond donors (Lipinski definition) is 2. The first-order valence-corrected chi connectivity index (χ1v) is 6.91. The van der Waals surface area contributed by atoms with E-state index >= 15 is 0 Å². The second kappa shape index (κ2) is 4.69. The molecule has 2 aliphatic rings. The maximum Gasteiger partial charge on any atom is 0.0418 e. The lowest BCUT2D eigenvalue weighted by molar-refractivity contribution is 0.240. The van der Waals surface area contributed by atoms with Crippen LogP contribution in [0.3, 0.4) is 0 Å². The summed E-state index contributed by atoms with van der Waals surface area (Å²) in [5.74, 6) is 0.926. The zero-order valence-corrected chi connectivity index (χ0v) is 10.6. The highest BCUT2D eigenvalue weighted by atomic mass is 14.9. The van der Waals surface area contributed by atoms with Gasteiger partial charge >= 0.3 is 0 Å². The number of benzene rings is 1. The first kappa shape index (κ1) is 11.1. The quantitative estimate of drug-likeness (QED) is 0.834. The Morgan fingerprint density at radius 2 is 2.24 bits per heavy atom. The monoisotopic (exact) mass is 230 g/mol. The zero-order valence-electron chi connectivity index (χ0n) is 10.6.